The van der Waals surface area contributed by atoms with Crippen LogP contribution in [0.15, 0.2) is 30.3 Å². The van der Waals surface area contributed by atoms with Crippen LogP contribution in [0.3, 0.4) is 0 Å². The number of amides is 2. The molecular weight excluding hydrogens is 320 g/mol. The van der Waals surface area contributed by atoms with Crippen LogP contribution < -0.4 is 0 Å². The van der Waals surface area contributed by atoms with Gasteiger partial charge in [-0.05, 0) is 12.5 Å². The fraction of sp³-hybridized carbons (Fsp3) is 0.579. The summed E-state index contributed by atoms with van der Waals surface area (Å²) < 4.78 is 10.7. The number of carbonyl (C=O) groups excluding carboxylic acids is 2. The number of carbonyl (C=O) groups is 2. The van der Waals surface area contributed by atoms with Crippen LogP contribution in [0.25, 0.3) is 0 Å². The maximum Gasteiger partial charge on any atom is 0.226 e. The number of rotatable bonds is 7. The largest absolute Gasteiger partial charge is 0.381 e. The molecule has 1 aromatic carbocycles. The molecule has 138 valence electrons. The summed E-state index contributed by atoms with van der Waals surface area (Å²) in [7, 11) is 3.38. The highest BCUT2D eigenvalue weighted by Gasteiger charge is 2.29. The highest BCUT2D eigenvalue weighted by molar-refractivity contribution is 5.79. The number of morpholine rings is 1. The lowest BCUT2D eigenvalue weighted by molar-refractivity contribution is -0.145. The summed E-state index contributed by atoms with van der Waals surface area (Å²) in [5.41, 5.74) is 0.987. The van der Waals surface area contributed by atoms with Gasteiger partial charge in [0, 0.05) is 27.2 Å². The van der Waals surface area contributed by atoms with Crippen LogP contribution in [-0.4, -0.2) is 74.2 Å². The first-order chi connectivity index (χ1) is 12.0. The Balaban J connectivity index is 1.93. The van der Waals surface area contributed by atoms with Crippen LogP contribution in [-0.2, 0) is 25.5 Å². The Labute approximate surface area is 149 Å². The van der Waals surface area contributed by atoms with Crippen LogP contribution in [0.4, 0.5) is 0 Å². The van der Waals surface area contributed by atoms with E-state index in [0.717, 1.165) is 5.56 Å². The van der Waals surface area contributed by atoms with Crippen molar-refractivity contribution in [1.29, 1.82) is 0 Å². The second kappa shape index (κ2) is 9.53. The lowest BCUT2D eigenvalue weighted by Crippen LogP contribution is -2.54. The van der Waals surface area contributed by atoms with E-state index in [2.05, 4.69) is 0 Å². The first kappa shape index (κ1) is 19.4. The third kappa shape index (κ3) is 5.83. The lowest BCUT2D eigenvalue weighted by atomic mass is 10.1. The molecule has 2 amide bonds. The van der Waals surface area contributed by atoms with E-state index in [1.165, 1.54) is 0 Å². The van der Waals surface area contributed by atoms with Gasteiger partial charge in [-0.3, -0.25) is 9.59 Å². The molecule has 0 spiro atoms. The molecule has 1 aliphatic heterocycles. The van der Waals surface area contributed by atoms with Gasteiger partial charge in [-0.2, -0.15) is 0 Å². The van der Waals surface area contributed by atoms with Crippen LogP contribution in [0, 0.1) is 0 Å². The highest BCUT2D eigenvalue weighted by atomic mass is 16.5. The van der Waals surface area contributed by atoms with Gasteiger partial charge in [-0.25, -0.2) is 0 Å². The summed E-state index contributed by atoms with van der Waals surface area (Å²) >= 11 is 0. The minimum absolute atomic E-state index is 0.0365. The first-order valence-electron chi connectivity index (χ1n) is 8.69. The van der Waals surface area contributed by atoms with E-state index in [-0.39, 0.29) is 24.0 Å². The number of nitrogens with zero attached hydrogens (tertiary/aromatic N) is 2. The number of hydrogen-bond donors (Lipinski definition) is 0. The Morgan fingerprint density at radius 3 is 2.76 bits per heavy atom. The molecule has 1 saturated heterocycles. The molecule has 1 aromatic rings. The minimum Gasteiger partial charge on any atom is -0.381 e. The maximum atomic E-state index is 12.5. The van der Waals surface area contributed by atoms with Crippen molar-refractivity contribution >= 4 is 11.8 Å². The zero-order valence-electron chi connectivity index (χ0n) is 15.3. The lowest BCUT2D eigenvalue weighted by Gasteiger charge is -2.38. The van der Waals surface area contributed by atoms with Gasteiger partial charge in [-0.1, -0.05) is 30.3 Å². The van der Waals surface area contributed by atoms with Gasteiger partial charge < -0.3 is 19.3 Å². The number of ether oxygens (including phenoxy) is 2. The second-order valence-corrected chi connectivity index (χ2v) is 6.50. The van der Waals surface area contributed by atoms with Crippen molar-refractivity contribution in [1.82, 2.24) is 9.80 Å². The number of hydrogen-bond acceptors (Lipinski definition) is 4. The first-order valence-corrected chi connectivity index (χ1v) is 8.69. The molecule has 0 aromatic heterocycles. The van der Waals surface area contributed by atoms with Crippen LogP contribution in [0.2, 0.25) is 0 Å². The molecule has 2 unspecified atom stereocenters. The Hall–Kier alpha value is -1.92. The summed E-state index contributed by atoms with van der Waals surface area (Å²) in [6, 6.07) is 9.55. The number of methoxy groups -OCH3 is 1. The van der Waals surface area contributed by atoms with Crippen LogP contribution >= 0.6 is 0 Å². The Morgan fingerprint density at radius 2 is 2.08 bits per heavy atom. The molecule has 6 nitrogen and oxygen atoms in total. The molecule has 1 heterocycles. The molecule has 25 heavy (non-hydrogen) atoms. The average Bonchev–Trinajstić information content (AvgIpc) is 2.62. The van der Waals surface area contributed by atoms with Crippen molar-refractivity contribution in [2.24, 2.45) is 0 Å². The molecule has 6 heteroatoms. The van der Waals surface area contributed by atoms with Gasteiger partial charge in [0.15, 0.2) is 0 Å². The van der Waals surface area contributed by atoms with Crippen molar-refractivity contribution in [3.05, 3.63) is 35.9 Å². The molecule has 1 aliphatic rings. The molecule has 1 fully saturated rings. The van der Waals surface area contributed by atoms with Gasteiger partial charge >= 0.3 is 0 Å². The molecule has 0 aliphatic carbocycles. The smallest absolute Gasteiger partial charge is 0.226 e. The van der Waals surface area contributed by atoms with E-state index >= 15 is 0 Å². The Morgan fingerprint density at radius 1 is 1.36 bits per heavy atom. The predicted molar refractivity (Wildman–Crippen MR) is 95.2 cm³/mol. The van der Waals surface area contributed by atoms with Crippen molar-refractivity contribution < 1.29 is 19.1 Å². The zero-order valence-corrected chi connectivity index (χ0v) is 15.3. The third-order valence-corrected chi connectivity index (χ3v) is 4.52. The Bertz CT molecular complexity index is 564. The minimum atomic E-state index is -0.117. The van der Waals surface area contributed by atoms with E-state index in [0.29, 0.717) is 39.1 Å². The van der Waals surface area contributed by atoms with E-state index in [4.69, 9.17) is 9.47 Å². The molecule has 0 radical (unpaired) electrons. The van der Waals surface area contributed by atoms with Crippen molar-refractivity contribution in [3.8, 4) is 0 Å². The number of likely N-dealkylation sites (N-methyl/N-ethyl adjacent to an activating group) is 1. The summed E-state index contributed by atoms with van der Waals surface area (Å²) in [6.07, 6.45) is 0.585. The van der Waals surface area contributed by atoms with Gasteiger partial charge in [0.1, 0.15) is 0 Å². The predicted octanol–water partition coefficient (Wildman–Crippen LogP) is 1.34. The molecule has 0 saturated carbocycles. The normalized spacial score (nSPS) is 18.7. The van der Waals surface area contributed by atoms with Crippen molar-refractivity contribution in [2.45, 2.75) is 31.9 Å². The molecule has 2 atom stereocenters. The quantitative estimate of drug-likeness (QED) is 0.746. The third-order valence-electron chi connectivity index (χ3n) is 4.52. The summed E-state index contributed by atoms with van der Waals surface area (Å²) in [4.78, 5) is 28.5. The van der Waals surface area contributed by atoms with Crippen LogP contribution in [0.5, 0.6) is 0 Å². The van der Waals surface area contributed by atoms with Crippen molar-refractivity contribution in [3.63, 3.8) is 0 Å². The zero-order chi connectivity index (χ0) is 18.2. The van der Waals surface area contributed by atoms with Crippen molar-refractivity contribution in [2.75, 3.05) is 40.5 Å². The molecular formula is C19H28N2O4. The average molecular weight is 348 g/mol. The topological polar surface area (TPSA) is 59.1 Å². The van der Waals surface area contributed by atoms with Gasteiger partial charge in [-0.15, -0.1) is 0 Å². The maximum absolute atomic E-state index is 12.5. The van der Waals surface area contributed by atoms with Gasteiger partial charge in [0.25, 0.3) is 0 Å². The van der Waals surface area contributed by atoms with E-state index in [1.54, 1.807) is 19.1 Å². The summed E-state index contributed by atoms with van der Waals surface area (Å²) in [6.45, 7) is 3.89. The van der Waals surface area contributed by atoms with Gasteiger partial charge in [0.05, 0.1) is 38.2 Å². The van der Waals surface area contributed by atoms with E-state index in [9.17, 15) is 9.59 Å². The second-order valence-electron chi connectivity index (χ2n) is 6.50. The highest BCUT2D eigenvalue weighted by Crippen LogP contribution is 2.13. The SMILES string of the molecule is COC(C)CC(=O)N1CCOCC1CN(C)C(=O)Cc1ccccc1. The standard InChI is InChI=1S/C19H28N2O4/c1-15(24-3)11-19(23)21-9-10-25-14-17(21)13-20(2)18(22)12-16-7-5-4-6-8-16/h4-8,15,17H,9-14H2,1-3H3. The summed E-state index contributed by atoms with van der Waals surface area (Å²) in [5.74, 6) is 0.0843. The monoisotopic (exact) mass is 348 g/mol. The summed E-state index contributed by atoms with van der Waals surface area (Å²) in [5, 5.41) is 0. The fourth-order valence-electron chi connectivity index (χ4n) is 2.90. The van der Waals surface area contributed by atoms with E-state index < -0.39 is 0 Å². The Kier molecular flexibility index (Phi) is 7.40. The van der Waals surface area contributed by atoms with E-state index in [1.807, 2.05) is 42.2 Å². The molecule has 0 N–H and O–H groups in total. The van der Waals surface area contributed by atoms with Gasteiger partial charge in [0.2, 0.25) is 11.8 Å². The molecule has 0 bridgehead atoms. The number of benzene rings is 1. The fourth-order valence-corrected chi connectivity index (χ4v) is 2.90. The molecule has 2 rings (SSSR count). The van der Waals surface area contributed by atoms with Crippen LogP contribution in [0.1, 0.15) is 18.9 Å².